The highest BCUT2D eigenvalue weighted by atomic mass is 32.2. The third-order valence-corrected chi connectivity index (χ3v) is 6.96. The molecule has 0 atom stereocenters. The largest absolute Gasteiger partial charge is 0.378 e. The Balaban J connectivity index is 1.57. The lowest BCUT2D eigenvalue weighted by atomic mass is 10.1. The molecule has 0 unspecified atom stereocenters. The minimum atomic E-state index is -3.37. The van der Waals surface area contributed by atoms with Gasteiger partial charge in [0.15, 0.2) is 0 Å². The number of anilines is 1. The Morgan fingerprint density at radius 3 is 2.46 bits per heavy atom. The monoisotopic (exact) mass is 353 g/mol. The summed E-state index contributed by atoms with van der Waals surface area (Å²) >= 11 is 0. The maximum atomic E-state index is 12.8. The molecule has 8 nitrogen and oxygen atoms in total. The summed E-state index contributed by atoms with van der Waals surface area (Å²) in [6.45, 7) is 5.15. The lowest BCUT2D eigenvalue weighted by Crippen LogP contribution is -2.45. The van der Waals surface area contributed by atoms with E-state index in [1.807, 2.05) is 0 Å². The van der Waals surface area contributed by atoms with Crippen molar-refractivity contribution in [3.63, 3.8) is 0 Å². The van der Waals surface area contributed by atoms with Gasteiger partial charge in [0.1, 0.15) is 12.1 Å². The first-order valence-corrected chi connectivity index (χ1v) is 9.96. The summed E-state index contributed by atoms with van der Waals surface area (Å²) in [5.41, 5.74) is 1.92. The predicted octanol–water partition coefficient (Wildman–Crippen LogP) is 0.0119. The molecule has 0 aliphatic carbocycles. The zero-order chi connectivity index (χ0) is 16.6. The van der Waals surface area contributed by atoms with E-state index in [0.717, 1.165) is 43.0 Å². The lowest BCUT2D eigenvalue weighted by molar-refractivity contribution is 0.122. The summed E-state index contributed by atoms with van der Waals surface area (Å²) in [4.78, 5) is 11.0. The molecular weight excluding hydrogens is 330 g/mol. The molecule has 2 fully saturated rings. The van der Waals surface area contributed by atoms with Crippen molar-refractivity contribution >= 4 is 16.0 Å². The van der Waals surface area contributed by atoms with Crippen LogP contribution >= 0.6 is 0 Å². The zero-order valence-electron chi connectivity index (χ0n) is 13.7. The normalized spacial score (nSPS) is 23.4. The second kappa shape index (κ2) is 6.55. The number of aromatic nitrogens is 2. The van der Waals surface area contributed by atoms with Crippen molar-refractivity contribution in [3.8, 4) is 0 Å². The number of fused-ring (bicyclic) bond motifs is 1. The van der Waals surface area contributed by atoms with Crippen molar-refractivity contribution in [2.75, 3.05) is 50.8 Å². The second-order valence-electron chi connectivity index (χ2n) is 6.42. The van der Waals surface area contributed by atoms with Crippen molar-refractivity contribution in [2.45, 2.75) is 25.8 Å². The number of hydrogen-bond donors (Lipinski definition) is 0. The van der Waals surface area contributed by atoms with Gasteiger partial charge in [-0.2, -0.15) is 17.0 Å². The fourth-order valence-corrected chi connectivity index (χ4v) is 5.29. The summed E-state index contributed by atoms with van der Waals surface area (Å²) in [5, 5.41) is 0. The molecule has 0 amide bonds. The van der Waals surface area contributed by atoms with Crippen LogP contribution in [-0.2, 0) is 27.9 Å². The topological polar surface area (TPSA) is 78.9 Å². The van der Waals surface area contributed by atoms with Crippen LogP contribution in [0.15, 0.2) is 6.33 Å². The Hall–Kier alpha value is -1.29. The van der Waals surface area contributed by atoms with Gasteiger partial charge >= 0.3 is 0 Å². The molecule has 0 saturated carbocycles. The Bertz CT molecular complexity index is 699. The minimum absolute atomic E-state index is 0.341. The van der Waals surface area contributed by atoms with Gasteiger partial charge < -0.3 is 9.64 Å². The predicted molar refractivity (Wildman–Crippen MR) is 88.9 cm³/mol. The van der Waals surface area contributed by atoms with E-state index in [4.69, 9.17) is 4.74 Å². The molecule has 132 valence electrons. The first-order chi connectivity index (χ1) is 11.7. The maximum absolute atomic E-state index is 12.8. The first-order valence-electron chi connectivity index (χ1n) is 8.57. The van der Waals surface area contributed by atoms with Gasteiger partial charge in [-0.25, -0.2) is 9.97 Å². The number of nitrogens with zero attached hydrogens (tertiary/aromatic N) is 5. The number of hydrogen-bond acceptors (Lipinski definition) is 6. The molecule has 4 rings (SSSR count). The number of ether oxygens (including phenoxy) is 1. The molecule has 1 aromatic rings. The fraction of sp³-hybridized carbons (Fsp3) is 0.733. The van der Waals surface area contributed by atoms with Crippen LogP contribution in [0, 0.1) is 0 Å². The molecule has 9 heteroatoms. The maximum Gasteiger partial charge on any atom is 0.282 e. The molecule has 1 aromatic heterocycles. The quantitative estimate of drug-likeness (QED) is 0.762. The molecule has 2 saturated heterocycles. The minimum Gasteiger partial charge on any atom is -0.378 e. The third kappa shape index (κ3) is 2.90. The SMILES string of the molecule is O=S(=O)(N1CCCC1)N1CCc2c(ncnc2N2CCOCC2)C1. The van der Waals surface area contributed by atoms with E-state index in [2.05, 4.69) is 14.9 Å². The van der Waals surface area contributed by atoms with Crippen LogP contribution in [-0.4, -0.2) is 72.9 Å². The van der Waals surface area contributed by atoms with Gasteiger partial charge in [0, 0.05) is 38.3 Å². The van der Waals surface area contributed by atoms with Crippen molar-refractivity contribution in [1.82, 2.24) is 18.6 Å². The van der Waals surface area contributed by atoms with Crippen LogP contribution in [0.1, 0.15) is 24.1 Å². The lowest BCUT2D eigenvalue weighted by Gasteiger charge is -2.34. The van der Waals surface area contributed by atoms with Crippen molar-refractivity contribution in [2.24, 2.45) is 0 Å². The van der Waals surface area contributed by atoms with E-state index in [1.54, 1.807) is 14.9 Å². The molecule has 24 heavy (non-hydrogen) atoms. The average molecular weight is 353 g/mol. The van der Waals surface area contributed by atoms with Gasteiger partial charge in [-0.15, -0.1) is 0 Å². The fourth-order valence-electron chi connectivity index (χ4n) is 3.64. The van der Waals surface area contributed by atoms with Gasteiger partial charge in [-0.3, -0.25) is 0 Å². The number of morpholine rings is 1. The smallest absolute Gasteiger partial charge is 0.282 e. The van der Waals surface area contributed by atoms with Gasteiger partial charge in [-0.1, -0.05) is 0 Å². The average Bonchev–Trinajstić information content (AvgIpc) is 3.17. The van der Waals surface area contributed by atoms with Gasteiger partial charge in [-0.05, 0) is 19.3 Å². The van der Waals surface area contributed by atoms with Crippen LogP contribution in [0.2, 0.25) is 0 Å². The Morgan fingerprint density at radius 1 is 0.958 bits per heavy atom. The molecule has 0 radical (unpaired) electrons. The Morgan fingerprint density at radius 2 is 1.71 bits per heavy atom. The Kier molecular flexibility index (Phi) is 4.42. The van der Waals surface area contributed by atoms with Gasteiger partial charge in [0.2, 0.25) is 0 Å². The molecular formula is C15H23N5O3S. The van der Waals surface area contributed by atoms with Crippen LogP contribution in [0.5, 0.6) is 0 Å². The van der Waals surface area contributed by atoms with Crippen molar-refractivity contribution in [1.29, 1.82) is 0 Å². The van der Waals surface area contributed by atoms with Crippen LogP contribution in [0.3, 0.4) is 0 Å². The van der Waals surface area contributed by atoms with Crippen LogP contribution in [0.25, 0.3) is 0 Å². The highest BCUT2D eigenvalue weighted by Crippen LogP contribution is 2.28. The van der Waals surface area contributed by atoms with E-state index in [0.29, 0.717) is 45.8 Å². The van der Waals surface area contributed by atoms with Gasteiger partial charge in [0.05, 0.1) is 25.5 Å². The second-order valence-corrected chi connectivity index (χ2v) is 8.35. The van der Waals surface area contributed by atoms with E-state index < -0.39 is 10.2 Å². The van der Waals surface area contributed by atoms with E-state index in [9.17, 15) is 8.42 Å². The molecule has 0 spiro atoms. The van der Waals surface area contributed by atoms with Crippen molar-refractivity contribution in [3.05, 3.63) is 17.6 Å². The number of rotatable bonds is 3. The van der Waals surface area contributed by atoms with Gasteiger partial charge in [0.25, 0.3) is 10.2 Å². The zero-order valence-corrected chi connectivity index (χ0v) is 14.5. The molecule has 0 aromatic carbocycles. The molecule has 0 bridgehead atoms. The summed E-state index contributed by atoms with van der Waals surface area (Å²) in [7, 11) is -3.37. The van der Waals surface area contributed by atoms with Crippen molar-refractivity contribution < 1.29 is 13.2 Å². The molecule has 3 aliphatic heterocycles. The summed E-state index contributed by atoms with van der Waals surface area (Å²) < 4.78 is 34.1. The molecule has 4 heterocycles. The third-order valence-electron chi connectivity index (χ3n) is 4.98. The van der Waals surface area contributed by atoms with E-state index in [1.165, 1.54) is 0 Å². The summed E-state index contributed by atoms with van der Waals surface area (Å²) in [6, 6.07) is 0. The van der Waals surface area contributed by atoms with E-state index in [-0.39, 0.29) is 0 Å². The summed E-state index contributed by atoms with van der Waals surface area (Å²) in [6.07, 6.45) is 4.12. The standard InChI is InChI=1S/C15H23N5O3S/c21-24(22,19-4-1-2-5-19)20-6-3-13-14(11-20)16-12-17-15(13)18-7-9-23-10-8-18/h12H,1-11H2. The Labute approximate surface area is 142 Å². The van der Waals surface area contributed by atoms with E-state index >= 15 is 0 Å². The molecule has 0 N–H and O–H groups in total. The first kappa shape index (κ1) is 16.2. The van der Waals surface area contributed by atoms with Crippen LogP contribution in [0.4, 0.5) is 5.82 Å². The highest BCUT2D eigenvalue weighted by Gasteiger charge is 2.35. The highest BCUT2D eigenvalue weighted by molar-refractivity contribution is 7.86. The summed E-state index contributed by atoms with van der Waals surface area (Å²) in [5.74, 6) is 0.946. The molecule has 3 aliphatic rings. The van der Waals surface area contributed by atoms with Crippen LogP contribution < -0.4 is 4.90 Å².